The molecule has 1 atom stereocenters. The van der Waals surface area contributed by atoms with E-state index in [1.807, 2.05) is 11.9 Å². The number of amides is 1. The van der Waals surface area contributed by atoms with Gasteiger partial charge in [-0.15, -0.1) is 0 Å². The SMILES string of the molecule is CN1CC(CN2CCN(S(=O)(=O)N3CCOCC3)CC2)CCC1=O. The minimum absolute atomic E-state index is 0.229. The van der Waals surface area contributed by atoms with Crippen LogP contribution in [0.5, 0.6) is 0 Å². The largest absolute Gasteiger partial charge is 0.379 e. The number of piperidine rings is 1. The zero-order valence-corrected chi connectivity index (χ0v) is 15.2. The summed E-state index contributed by atoms with van der Waals surface area (Å²) in [6, 6.07) is 0. The van der Waals surface area contributed by atoms with Crippen LogP contribution in [0.15, 0.2) is 0 Å². The third kappa shape index (κ3) is 4.08. The highest BCUT2D eigenvalue weighted by atomic mass is 32.2. The first kappa shape index (κ1) is 18.1. The second-order valence-electron chi connectivity index (χ2n) is 6.90. The van der Waals surface area contributed by atoms with Crippen LogP contribution >= 0.6 is 0 Å². The lowest BCUT2D eigenvalue weighted by Crippen LogP contribution is -2.55. The fraction of sp³-hybridized carbons (Fsp3) is 0.933. The predicted octanol–water partition coefficient (Wildman–Crippen LogP) is -0.951. The highest BCUT2D eigenvalue weighted by Gasteiger charge is 2.34. The van der Waals surface area contributed by atoms with Crippen molar-refractivity contribution in [2.24, 2.45) is 5.92 Å². The maximum Gasteiger partial charge on any atom is 0.282 e. The van der Waals surface area contributed by atoms with E-state index in [0.717, 1.165) is 32.6 Å². The van der Waals surface area contributed by atoms with Crippen molar-refractivity contribution >= 4 is 16.1 Å². The molecular weight excluding hydrogens is 332 g/mol. The van der Waals surface area contributed by atoms with Crippen molar-refractivity contribution in [1.82, 2.24) is 18.4 Å². The number of ether oxygens (including phenoxy) is 1. The second-order valence-corrected chi connectivity index (χ2v) is 8.83. The third-order valence-electron chi connectivity index (χ3n) is 5.19. The molecule has 0 saturated carbocycles. The molecule has 0 aliphatic carbocycles. The summed E-state index contributed by atoms with van der Waals surface area (Å²) in [4.78, 5) is 15.7. The van der Waals surface area contributed by atoms with Gasteiger partial charge in [0.2, 0.25) is 5.91 Å². The van der Waals surface area contributed by atoms with Crippen LogP contribution in [-0.2, 0) is 19.7 Å². The molecule has 0 aromatic heterocycles. The van der Waals surface area contributed by atoms with Gasteiger partial charge in [0.1, 0.15) is 0 Å². The minimum atomic E-state index is -3.35. The van der Waals surface area contributed by atoms with Gasteiger partial charge >= 0.3 is 0 Å². The quantitative estimate of drug-likeness (QED) is 0.646. The van der Waals surface area contributed by atoms with Crippen LogP contribution in [0.2, 0.25) is 0 Å². The van der Waals surface area contributed by atoms with Crippen LogP contribution in [0.25, 0.3) is 0 Å². The van der Waals surface area contributed by atoms with Gasteiger partial charge in [-0.2, -0.15) is 17.0 Å². The van der Waals surface area contributed by atoms with Crippen molar-refractivity contribution in [3.8, 4) is 0 Å². The van der Waals surface area contributed by atoms with Gasteiger partial charge in [0.05, 0.1) is 13.2 Å². The molecule has 138 valence electrons. The Kier molecular flexibility index (Phi) is 5.76. The number of likely N-dealkylation sites (tertiary alicyclic amines) is 1. The monoisotopic (exact) mass is 360 g/mol. The van der Waals surface area contributed by atoms with Gasteiger partial charge in [-0.3, -0.25) is 4.79 Å². The predicted molar refractivity (Wildman–Crippen MR) is 89.7 cm³/mol. The third-order valence-corrected chi connectivity index (χ3v) is 7.23. The van der Waals surface area contributed by atoms with E-state index < -0.39 is 10.2 Å². The van der Waals surface area contributed by atoms with Gasteiger partial charge in [-0.05, 0) is 12.3 Å². The van der Waals surface area contributed by atoms with Crippen molar-refractivity contribution in [3.05, 3.63) is 0 Å². The van der Waals surface area contributed by atoms with E-state index in [2.05, 4.69) is 4.90 Å². The molecule has 1 amide bonds. The van der Waals surface area contributed by atoms with Crippen molar-refractivity contribution in [2.75, 3.05) is 72.6 Å². The average molecular weight is 360 g/mol. The standard InChI is InChI=1S/C15H28N4O4S/c1-16-12-14(2-3-15(16)20)13-17-4-6-18(7-5-17)24(21,22)19-8-10-23-11-9-19/h14H,2-13H2,1H3. The molecule has 0 bridgehead atoms. The number of carbonyl (C=O) groups excluding carboxylic acids is 1. The Balaban J connectivity index is 1.48. The topological polar surface area (TPSA) is 73.4 Å². The van der Waals surface area contributed by atoms with Crippen LogP contribution in [0.4, 0.5) is 0 Å². The summed E-state index contributed by atoms with van der Waals surface area (Å²) >= 11 is 0. The average Bonchev–Trinajstić information content (AvgIpc) is 2.59. The Morgan fingerprint density at radius 1 is 1.04 bits per heavy atom. The second kappa shape index (κ2) is 7.65. The Hall–Kier alpha value is -0.740. The normalized spacial score (nSPS) is 29.1. The van der Waals surface area contributed by atoms with Crippen LogP contribution in [-0.4, -0.2) is 105 Å². The summed E-state index contributed by atoms with van der Waals surface area (Å²) in [6.45, 7) is 6.22. The molecule has 24 heavy (non-hydrogen) atoms. The van der Waals surface area contributed by atoms with Gasteiger partial charge in [0.15, 0.2) is 0 Å². The van der Waals surface area contributed by atoms with E-state index >= 15 is 0 Å². The summed E-state index contributed by atoms with van der Waals surface area (Å²) in [5.41, 5.74) is 0. The van der Waals surface area contributed by atoms with Crippen molar-refractivity contribution < 1.29 is 17.9 Å². The lowest BCUT2D eigenvalue weighted by atomic mass is 9.97. The summed E-state index contributed by atoms with van der Waals surface area (Å²) < 4.78 is 33.7. The Morgan fingerprint density at radius 2 is 1.67 bits per heavy atom. The molecule has 1 unspecified atom stereocenters. The molecule has 3 aliphatic heterocycles. The zero-order valence-electron chi connectivity index (χ0n) is 14.4. The number of carbonyl (C=O) groups is 1. The minimum Gasteiger partial charge on any atom is -0.379 e. The van der Waals surface area contributed by atoms with Crippen LogP contribution in [0.3, 0.4) is 0 Å². The molecule has 3 saturated heterocycles. The van der Waals surface area contributed by atoms with Gasteiger partial charge in [-0.1, -0.05) is 0 Å². The lowest BCUT2D eigenvalue weighted by Gasteiger charge is -2.39. The summed E-state index contributed by atoms with van der Waals surface area (Å²) in [5.74, 6) is 0.725. The van der Waals surface area contributed by atoms with Crippen LogP contribution in [0.1, 0.15) is 12.8 Å². The maximum atomic E-state index is 12.7. The van der Waals surface area contributed by atoms with Crippen LogP contribution in [0, 0.1) is 5.92 Å². The number of nitrogens with zero attached hydrogens (tertiary/aromatic N) is 4. The van der Waals surface area contributed by atoms with Crippen molar-refractivity contribution in [3.63, 3.8) is 0 Å². The Bertz CT molecular complexity index is 542. The smallest absolute Gasteiger partial charge is 0.282 e. The van der Waals surface area contributed by atoms with Crippen molar-refractivity contribution in [1.29, 1.82) is 0 Å². The van der Waals surface area contributed by atoms with Gasteiger partial charge in [0.25, 0.3) is 10.2 Å². The number of morpholine rings is 1. The number of piperazine rings is 1. The molecule has 3 heterocycles. The number of hydrogen-bond donors (Lipinski definition) is 0. The Labute approximate surface area is 144 Å². The van der Waals surface area contributed by atoms with E-state index in [1.165, 1.54) is 4.31 Å². The molecule has 0 N–H and O–H groups in total. The first-order valence-corrected chi connectivity index (χ1v) is 10.2. The van der Waals surface area contributed by atoms with E-state index in [-0.39, 0.29) is 5.91 Å². The molecule has 0 aromatic carbocycles. The molecule has 0 aromatic rings. The molecular formula is C15H28N4O4S. The zero-order chi connectivity index (χ0) is 17.2. The highest BCUT2D eigenvalue weighted by Crippen LogP contribution is 2.19. The molecule has 3 fully saturated rings. The van der Waals surface area contributed by atoms with Crippen LogP contribution < -0.4 is 0 Å². The van der Waals surface area contributed by atoms with E-state index in [4.69, 9.17) is 4.74 Å². The summed E-state index contributed by atoms with van der Waals surface area (Å²) in [7, 11) is -1.49. The summed E-state index contributed by atoms with van der Waals surface area (Å²) in [6.07, 6.45) is 1.57. The molecule has 0 radical (unpaired) electrons. The molecule has 8 nitrogen and oxygen atoms in total. The first-order valence-electron chi connectivity index (χ1n) is 8.76. The molecule has 0 spiro atoms. The molecule has 3 aliphatic rings. The van der Waals surface area contributed by atoms with E-state index in [9.17, 15) is 13.2 Å². The molecule has 9 heteroatoms. The van der Waals surface area contributed by atoms with E-state index in [1.54, 1.807) is 4.31 Å². The first-order chi connectivity index (χ1) is 11.5. The number of rotatable bonds is 4. The summed E-state index contributed by atoms with van der Waals surface area (Å²) in [5, 5.41) is 0. The van der Waals surface area contributed by atoms with Gasteiger partial charge < -0.3 is 14.5 Å². The highest BCUT2D eigenvalue weighted by molar-refractivity contribution is 7.86. The van der Waals surface area contributed by atoms with Gasteiger partial charge in [-0.25, -0.2) is 0 Å². The van der Waals surface area contributed by atoms with E-state index in [0.29, 0.717) is 51.7 Å². The number of hydrogen-bond acceptors (Lipinski definition) is 5. The fourth-order valence-corrected chi connectivity index (χ4v) is 5.26. The fourth-order valence-electron chi connectivity index (χ4n) is 3.70. The molecule has 3 rings (SSSR count). The maximum absolute atomic E-state index is 12.7. The Morgan fingerprint density at radius 3 is 2.29 bits per heavy atom. The lowest BCUT2D eigenvalue weighted by molar-refractivity contribution is -0.133. The van der Waals surface area contributed by atoms with Crippen molar-refractivity contribution in [2.45, 2.75) is 12.8 Å². The van der Waals surface area contributed by atoms with Gasteiger partial charge in [0, 0.05) is 65.8 Å².